The smallest absolute Gasteiger partial charge is 0.0868 e. The van der Waals surface area contributed by atoms with E-state index in [0.717, 1.165) is 18.7 Å². The average molecular weight is 297 g/mol. The van der Waals surface area contributed by atoms with Gasteiger partial charge in [-0.2, -0.15) is 0 Å². The van der Waals surface area contributed by atoms with Crippen LogP contribution in [0.5, 0.6) is 0 Å². The van der Waals surface area contributed by atoms with Crippen LogP contribution in [0.3, 0.4) is 0 Å². The van der Waals surface area contributed by atoms with E-state index in [9.17, 15) is 0 Å². The summed E-state index contributed by atoms with van der Waals surface area (Å²) in [6, 6.07) is 4.55. The van der Waals surface area contributed by atoms with Gasteiger partial charge in [0.15, 0.2) is 0 Å². The Morgan fingerprint density at radius 1 is 1.23 bits per heavy atom. The summed E-state index contributed by atoms with van der Waals surface area (Å²) in [4.78, 5) is 9.45. The third-order valence-electron chi connectivity index (χ3n) is 4.76. The van der Waals surface area contributed by atoms with Gasteiger partial charge in [-0.1, -0.05) is 19.1 Å². The molecule has 0 saturated carbocycles. The van der Waals surface area contributed by atoms with Gasteiger partial charge in [-0.05, 0) is 68.6 Å². The molecule has 0 aliphatic carbocycles. The number of aliphatic imine (C=N–C) groups is 1. The van der Waals surface area contributed by atoms with Crippen molar-refractivity contribution in [2.45, 2.75) is 32.1 Å². The molecule has 0 bridgehead atoms. The number of hydrogen-bond acceptors (Lipinski definition) is 3. The van der Waals surface area contributed by atoms with E-state index in [0.29, 0.717) is 0 Å². The van der Waals surface area contributed by atoms with Crippen LogP contribution in [0, 0.1) is 0 Å². The van der Waals surface area contributed by atoms with Crippen LogP contribution in [-0.4, -0.2) is 44.3 Å². The largest absolute Gasteiger partial charge is 0.367 e. The molecule has 3 heteroatoms. The van der Waals surface area contributed by atoms with Crippen molar-refractivity contribution in [3.05, 3.63) is 29.8 Å². The Bertz CT molecular complexity index is 556. The highest BCUT2D eigenvalue weighted by Crippen LogP contribution is 2.36. The molecule has 0 amide bonds. The minimum absolute atomic E-state index is 0.877. The molecule has 0 spiro atoms. The molecule has 0 unspecified atom stereocenters. The summed E-state index contributed by atoms with van der Waals surface area (Å²) in [5.74, 6) is 0. The van der Waals surface area contributed by atoms with Gasteiger partial charge in [0.25, 0.3) is 0 Å². The molecule has 2 heterocycles. The molecule has 3 rings (SSSR count). The normalized spacial score (nSPS) is 18.3. The van der Waals surface area contributed by atoms with Crippen molar-refractivity contribution in [2.24, 2.45) is 4.99 Å². The lowest BCUT2D eigenvalue weighted by molar-refractivity contribution is 0.226. The van der Waals surface area contributed by atoms with E-state index in [4.69, 9.17) is 0 Å². The van der Waals surface area contributed by atoms with Crippen molar-refractivity contribution < 1.29 is 0 Å². The number of nitrogens with zero attached hydrogens (tertiary/aromatic N) is 3. The van der Waals surface area contributed by atoms with Crippen molar-refractivity contribution in [2.75, 3.05) is 38.1 Å². The zero-order valence-electron chi connectivity index (χ0n) is 13.7. The van der Waals surface area contributed by atoms with Crippen LogP contribution < -0.4 is 4.90 Å². The van der Waals surface area contributed by atoms with Crippen molar-refractivity contribution in [3.8, 4) is 0 Å². The monoisotopic (exact) mass is 297 g/mol. The Morgan fingerprint density at radius 3 is 2.82 bits per heavy atom. The highest BCUT2D eigenvalue weighted by Gasteiger charge is 2.15. The van der Waals surface area contributed by atoms with E-state index >= 15 is 0 Å². The molecule has 0 aromatic heterocycles. The van der Waals surface area contributed by atoms with E-state index in [2.05, 4.69) is 40.6 Å². The highest BCUT2D eigenvalue weighted by atomic mass is 15.1. The molecule has 1 aromatic rings. The van der Waals surface area contributed by atoms with Crippen LogP contribution in [0.25, 0.3) is 6.08 Å². The fourth-order valence-electron chi connectivity index (χ4n) is 3.56. The lowest BCUT2D eigenvalue weighted by Crippen LogP contribution is -2.30. The van der Waals surface area contributed by atoms with E-state index in [-0.39, 0.29) is 0 Å². The van der Waals surface area contributed by atoms with E-state index in [1.54, 1.807) is 0 Å². The molecular weight excluding hydrogens is 270 g/mol. The van der Waals surface area contributed by atoms with E-state index < -0.39 is 0 Å². The first-order valence-electron chi connectivity index (χ1n) is 8.53. The third-order valence-corrected chi connectivity index (χ3v) is 4.76. The minimum Gasteiger partial charge on any atom is -0.367 e. The Morgan fingerprint density at radius 2 is 2.05 bits per heavy atom. The molecule has 1 saturated heterocycles. The third kappa shape index (κ3) is 3.41. The van der Waals surface area contributed by atoms with E-state index in [1.807, 2.05) is 12.3 Å². The number of benzene rings is 1. The second-order valence-corrected chi connectivity index (χ2v) is 6.45. The van der Waals surface area contributed by atoms with Crippen molar-refractivity contribution >= 4 is 23.7 Å². The van der Waals surface area contributed by atoms with Crippen LogP contribution in [0.2, 0.25) is 0 Å². The lowest BCUT2D eigenvalue weighted by Gasteiger charge is -2.27. The van der Waals surface area contributed by atoms with Crippen LogP contribution in [-0.2, 0) is 6.42 Å². The number of piperidine rings is 1. The topological polar surface area (TPSA) is 18.8 Å². The molecule has 0 atom stereocenters. The summed E-state index contributed by atoms with van der Waals surface area (Å²) in [6.45, 7) is 8.66. The Hall–Kier alpha value is -1.61. The van der Waals surface area contributed by atoms with Gasteiger partial charge < -0.3 is 9.80 Å². The maximum Gasteiger partial charge on any atom is 0.0868 e. The summed E-state index contributed by atoms with van der Waals surface area (Å²) in [7, 11) is 2.12. The molecule has 2 aliphatic rings. The first-order valence-corrected chi connectivity index (χ1v) is 8.53. The number of anilines is 1. The average Bonchev–Trinajstić information content (AvgIpc) is 2.55. The van der Waals surface area contributed by atoms with Gasteiger partial charge in [0, 0.05) is 13.3 Å². The molecule has 118 valence electrons. The number of fused-ring (bicyclic) bond motifs is 1. The van der Waals surface area contributed by atoms with Crippen LogP contribution >= 0.6 is 0 Å². The maximum absolute atomic E-state index is 4.59. The number of rotatable bonds is 5. The molecule has 0 radical (unpaired) electrons. The second kappa shape index (κ2) is 7.10. The van der Waals surface area contributed by atoms with Crippen LogP contribution in [0.1, 0.15) is 36.8 Å². The highest BCUT2D eigenvalue weighted by molar-refractivity contribution is 5.87. The summed E-state index contributed by atoms with van der Waals surface area (Å²) < 4.78 is 0. The molecule has 3 nitrogen and oxygen atoms in total. The number of aryl methyl sites for hydroxylation is 1. The SMILES string of the molecule is C=Cc1cc(CCCN2CCCCC2)cc2c1N(C)CC=N2. The summed E-state index contributed by atoms with van der Waals surface area (Å²) in [6.07, 6.45) is 10.5. The zero-order chi connectivity index (χ0) is 15.4. The van der Waals surface area contributed by atoms with Crippen molar-refractivity contribution in [3.63, 3.8) is 0 Å². The number of likely N-dealkylation sites (tertiary alicyclic amines) is 1. The van der Waals surface area contributed by atoms with Crippen molar-refractivity contribution in [1.29, 1.82) is 0 Å². The standard InChI is InChI=1S/C19H27N3/c1-3-17-14-16(8-7-12-22-10-5-4-6-11-22)15-18-19(17)21(2)13-9-20-18/h3,9,14-15H,1,4-8,10-13H2,2H3. The first-order chi connectivity index (χ1) is 10.8. The predicted octanol–water partition coefficient (Wildman–Crippen LogP) is 3.90. The van der Waals surface area contributed by atoms with Gasteiger partial charge in [0.05, 0.1) is 17.9 Å². The quantitative estimate of drug-likeness (QED) is 0.821. The van der Waals surface area contributed by atoms with Gasteiger partial charge in [-0.3, -0.25) is 4.99 Å². The zero-order valence-corrected chi connectivity index (χ0v) is 13.7. The molecule has 0 N–H and O–H groups in total. The Labute approximate surface area is 134 Å². The van der Waals surface area contributed by atoms with Gasteiger partial charge in [0.1, 0.15) is 0 Å². The molecular formula is C19H27N3. The van der Waals surface area contributed by atoms with Gasteiger partial charge in [-0.15, -0.1) is 0 Å². The number of hydrogen-bond donors (Lipinski definition) is 0. The van der Waals surface area contributed by atoms with E-state index in [1.165, 1.54) is 62.1 Å². The van der Waals surface area contributed by atoms with Gasteiger partial charge >= 0.3 is 0 Å². The van der Waals surface area contributed by atoms with Crippen LogP contribution in [0.4, 0.5) is 11.4 Å². The Balaban J connectivity index is 1.67. The molecule has 1 aromatic carbocycles. The minimum atomic E-state index is 0.877. The van der Waals surface area contributed by atoms with Gasteiger partial charge in [0.2, 0.25) is 0 Å². The Kier molecular flexibility index (Phi) is 4.94. The first kappa shape index (κ1) is 15.3. The predicted molar refractivity (Wildman–Crippen MR) is 96.6 cm³/mol. The summed E-state index contributed by atoms with van der Waals surface area (Å²) in [5.41, 5.74) is 4.92. The second-order valence-electron chi connectivity index (χ2n) is 6.45. The maximum atomic E-state index is 4.59. The molecule has 1 fully saturated rings. The molecule has 22 heavy (non-hydrogen) atoms. The lowest BCUT2D eigenvalue weighted by atomic mass is 10.0. The van der Waals surface area contributed by atoms with Crippen molar-refractivity contribution in [1.82, 2.24) is 4.90 Å². The fraction of sp³-hybridized carbons (Fsp3) is 0.526. The molecule has 2 aliphatic heterocycles. The summed E-state index contributed by atoms with van der Waals surface area (Å²) in [5, 5.41) is 0. The summed E-state index contributed by atoms with van der Waals surface area (Å²) >= 11 is 0. The van der Waals surface area contributed by atoms with Gasteiger partial charge in [-0.25, -0.2) is 0 Å². The fourth-order valence-corrected chi connectivity index (χ4v) is 3.56. The van der Waals surface area contributed by atoms with Crippen LogP contribution in [0.15, 0.2) is 23.7 Å².